The largest absolute Gasteiger partial charge is 0.496 e. The van der Waals surface area contributed by atoms with Crippen LogP contribution in [0.1, 0.15) is 46.1 Å². The van der Waals surface area contributed by atoms with Crippen LogP contribution in [0.5, 0.6) is 5.75 Å². The number of nitrogens with zero attached hydrogens (tertiary/aromatic N) is 2. The molecule has 0 aliphatic carbocycles. The van der Waals surface area contributed by atoms with Crippen molar-refractivity contribution in [1.82, 2.24) is 20.5 Å². The fourth-order valence-electron chi connectivity index (χ4n) is 5.76. The normalized spacial score (nSPS) is 19.5. The highest BCUT2D eigenvalue weighted by molar-refractivity contribution is 6.02. The second kappa shape index (κ2) is 10.7. The van der Waals surface area contributed by atoms with Gasteiger partial charge in [0.25, 0.3) is 5.91 Å². The summed E-state index contributed by atoms with van der Waals surface area (Å²) in [6.45, 7) is 6.95. The van der Waals surface area contributed by atoms with Crippen LogP contribution < -0.4 is 15.4 Å². The highest BCUT2D eigenvalue weighted by atomic mass is 16.5. The van der Waals surface area contributed by atoms with Crippen LogP contribution in [0, 0.1) is 12.8 Å². The third-order valence-electron chi connectivity index (χ3n) is 7.67. The fourth-order valence-corrected chi connectivity index (χ4v) is 5.76. The van der Waals surface area contributed by atoms with E-state index in [4.69, 9.17) is 4.74 Å². The summed E-state index contributed by atoms with van der Waals surface area (Å²) in [5.74, 6) is -0.0582. The van der Waals surface area contributed by atoms with Gasteiger partial charge in [0.05, 0.1) is 13.7 Å². The first-order valence-corrected chi connectivity index (χ1v) is 13.0. The van der Waals surface area contributed by atoms with Crippen LogP contribution in [-0.4, -0.2) is 67.1 Å². The molecule has 9 nitrogen and oxygen atoms in total. The Kier molecular flexibility index (Phi) is 7.18. The van der Waals surface area contributed by atoms with Gasteiger partial charge in [0, 0.05) is 36.0 Å². The van der Waals surface area contributed by atoms with Crippen molar-refractivity contribution in [2.45, 2.75) is 38.3 Å². The van der Waals surface area contributed by atoms with Crippen molar-refractivity contribution >= 4 is 35.3 Å². The van der Waals surface area contributed by atoms with Crippen LogP contribution >= 0.6 is 0 Å². The molecule has 9 heteroatoms. The number of aromatic nitrogens is 1. The second-order valence-corrected chi connectivity index (χ2v) is 10.0. The predicted octanol–water partition coefficient (Wildman–Crippen LogP) is 2.94. The van der Waals surface area contributed by atoms with Gasteiger partial charge in [0.2, 0.25) is 11.8 Å². The number of hydrogen-bond acceptors (Lipinski definition) is 5. The van der Waals surface area contributed by atoms with Crippen LogP contribution in [0.15, 0.2) is 47.5 Å². The van der Waals surface area contributed by atoms with Crippen molar-refractivity contribution in [3.05, 3.63) is 64.8 Å². The molecule has 3 amide bonds. The molecule has 1 fully saturated rings. The van der Waals surface area contributed by atoms with E-state index >= 15 is 0 Å². The number of benzene rings is 2. The molecule has 0 spiro atoms. The molecule has 38 heavy (non-hydrogen) atoms. The zero-order chi connectivity index (χ0) is 26.8. The lowest BCUT2D eigenvalue weighted by Crippen LogP contribution is -2.50. The Morgan fingerprint density at radius 1 is 1.26 bits per heavy atom. The van der Waals surface area contributed by atoms with Crippen molar-refractivity contribution in [2.24, 2.45) is 10.9 Å². The van der Waals surface area contributed by atoms with E-state index < -0.39 is 6.04 Å². The summed E-state index contributed by atoms with van der Waals surface area (Å²) in [4.78, 5) is 48.9. The number of aromatic amines is 1. The highest BCUT2D eigenvalue weighted by Crippen LogP contribution is 2.34. The highest BCUT2D eigenvalue weighted by Gasteiger charge is 2.38. The zero-order valence-corrected chi connectivity index (χ0v) is 21.8. The number of amides is 3. The van der Waals surface area contributed by atoms with Gasteiger partial charge in [0.15, 0.2) is 0 Å². The number of fused-ring (bicyclic) bond motifs is 2. The lowest BCUT2D eigenvalue weighted by molar-refractivity contribution is -0.128. The molecular weight excluding hydrogens is 482 g/mol. The van der Waals surface area contributed by atoms with E-state index in [-0.39, 0.29) is 29.7 Å². The minimum absolute atomic E-state index is 0.00186. The molecule has 0 radical (unpaired) electrons. The Morgan fingerprint density at radius 3 is 2.82 bits per heavy atom. The van der Waals surface area contributed by atoms with Crippen molar-refractivity contribution in [3.63, 3.8) is 0 Å². The maximum Gasteiger partial charge on any atom is 0.271 e. The van der Waals surface area contributed by atoms with Crippen LogP contribution in [-0.2, 0) is 16.0 Å². The molecule has 5 rings (SSSR count). The van der Waals surface area contributed by atoms with Gasteiger partial charge in [-0.2, -0.15) is 0 Å². The number of ether oxygens (including phenoxy) is 1. The SMILES string of the molecule is C=NC[C@H](C[C@@H]1CCNC1=O)NC(=O)C1c2cccc(C)c2CCN1C(=O)c1cc2c(OC)cccc2[nH]1. The number of carbonyl (C=O) groups is 3. The topological polar surface area (TPSA) is 116 Å². The summed E-state index contributed by atoms with van der Waals surface area (Å²) in [6.07, 6.45) is 1.85. The number of hydrogen-bond donors (Lipinski definition) is 3. The number of aliphatic imine (C=N–C) groups is 1. The van der Waals surface area contributed by atoms with E-state index in [1.54, 1.807) is 18.1 Å². The quantitative estimate of drug-likeness (QED) is 0.400. The molecule has 3 aromatic rings. The van der Waals surface area contributed by atoms with E-state index in [1.165, 1.54) is 0 Å². The summed E-state index contributed by atoms with van der Waals surface area (Å²) in [5.41, 5.74) is 4.18. The van der Waals surface area contributed by atoms with Crippen LogP contribution in [0.3, 0.4) is 0 Å². The first-order valence-electron chi connectivity index (χ1n) is 13.0. The van der Waals surface area contributed by atoms with E-state index in [9.17, 15) is 14.4 Å². The van der Waals surface area contributed by atoms with Gasteiger partial charge < -0.3 is 25.3 Å². The lowest BCUT2D eigenvalue weighted by Gasteiger charge is -2.37. The van der Waals surface area contributed by atoms with Crippen molar-refractivity contribution in [1.29, 1.82) is 0 Å². The van der Waals surface area contributed by atoms with E-state index in [1.807, 2.05) is 43.3 Å². The summed E-state index contributed by atoms with van der Waals surface area (Å²) in [7, 11) is 1.59. The first-order chi connectivity index (χ1) is 18.4. The minimum Gasteiger partial charge on any atom is -0.496 e. The molecule has 3 N–H and O–H groups in total. The average Bonchev–Trinajstić information content (AvgIpc) is 3.53. The maximum absolute atomic E-state index is 13.9. The molecule has 0 bridgehead atoms. The van der Waals surface area contributed by atoms with Crippen LogP contribution in [0.2, 0.25) is 0 Å². The average molecular weight is 516 g/mol. The third-order valence-corrected chi connectivity index (χ3v) is 7.67. The summed E-state index contributed by atoms with van der Waals surface area (Å²) >= 11 is 0. The van der Waals surface area contributed by atoms with E-state index in [2.05, 4.69) is 27.3 Å². The summed E-state index contributed by atoms with van der Waals surface area (Å²) in [6, 6.07) is 12.1. The molecule has 2 aromatic carbocycles. The Bertz CT molecular complexity index is 1400. The number of rotatable bonds is 8. The van der Waals surface area contributed by atoms with Gasteiger partial charge in [-0.1, -0.05) is 24.3 Å². The number of methoxy groups -OCH3 is 1. The standard InChI is InChI=1S/C29H33N5O4/c1-17-6-4-7-21-20(17)11-13-34(29(37)24-15-22-23(33-24)8-5-9-25(22)38-3)26(21)28(36)32-19(16-30-2)14-18-10-12-31-27(18)35/h4-9,15,18-19,26,33H,2,10-14,16H2,1,3H3,(H,31,35)(H,32,36)/t18-,19-,26?/m0/s1. The number of aryl methyl sites for hydroxylation is 1. The van der Waals surface area contributed by atoms with Gasteiger partial charge >= 0.3 is 0 Å². The van der Waals surface area contributed by atoms with Crippen molar-refractivity contribution in [3.8, 4) is 5.75 Å². The maximum atomic E-state index is 13.9. The van der Waals surface area contributed by atoms with Gasteiger partial charge in [-0.3, -0.25) is 19.4 Å². The first kappa shape index (κ1) is 25.5. The Labute approximate surface area is 221 Å². The molecule has 198 valence electrons. The summed E-state index contributed by atoms with van der Waals surface area (Å²) in [5, 5.41) is 6.75. The monoisotopic (exact) mass is 515 g/mol. The zero-order valence-electron chi connectivity index (χ0n) is 21.8. The Hall–Kier alpha value is -4.14. The number of carbonyl (C=O) groups excluding carboxylic acids is 3. The molecule has 1 aromatic heterocycles. The van der Waals surface area contributed by atoms with Gasteiger partial charge in [-0.25, -0.2) is 0 Å². The molecule has 1 unspecified atom stereocenters. The molecule has 0 saturated carbocycles. The fraction of sp³-hybridized carbons (Fsp3) is 0.379. The van der Waals surface area contributed by atoms with Gasteiger partial charge in [-0.15, -0.1) is 0 Å². The minimum atomic E-state index is -0.816. The van der Waals surface area contributed by atoms with Gasteiger partial charge in [-0.05, 0) is 67.8 Å². The third kappa shape index (κ3) is 4.76. The van der Waals surface area contributed by atoms with Gasteiger partial charge in [0.1, 0.15) is 17.5 Å². The predicted molar refractivity (Wildman–Crippen MR) is 146 cm³/mol. The molecule has 3 atom stereocenters. The Balaban J connectivity index is 1.47. The summed E-state index contributed by atoms with van der Waals surface area (Å²) < 4.78 is 5.46. The molecule has 1 saturated heterocycles. The molecule has 3 heterocycles. The van der Waals surface area contributed by atoms with E-state index in [0.717, 1.165) is 34.0 Å². The van der Waals surface area contributed by atoms with Crippen LogP contribution in [0.25, 0.3) is 10.9 Å². The number of H-pyrrole nitrogens is 1. The lowest BCUT2D eigenvalue weighted by atomic mass is 9.88. The Morgan fingerprint density at radius 2 is 2.08 bits per heavy atom. The molecular formula is C29H33N5O4. The van der Waals surface area contributed by atoms with E-state index in [0.29, 0.717) is 43.9 Å². The number of nitrogens with one attached hydrogen (secondary N) is 3. The van der Waals surface area contributed by atoms with Crippen molar-refractivity contribution < 1.29 is 19.1 Å². The smallest absolute Gasteiger partial charge is 0.271 e. The van der Waals surface area contributed by atoms with Crippen molar-refractivity contribution in [2.75, 3.05) is 26.7 Å². The van der Waals surface area contributed by atoms with Crippen LogP contribution in [0.4, 0.5) is 0 Å². The molecule has 2 aliphatic rings. The second-order valence-electron chi connectivity index (χ2n) is 10.0. The molecule has 2 aliphatic heterocycles.